The maximum absolute atomic E-state index is 5.22. The number of hydrogen-bond donors (Lipinski definition) is 0. The molecule has 0 aliphatic heterocycles. The van der Waals surface area contributed by atoms with E-state index in [4.69, 9.17) is 15.0 Å². The second-order valence-corrected chi connectivity index (χ2v) is 13.0. The van der Waals surface area contributed by atoms with Gasteiger partial charge < -0.3 is 4.57 Å². The van der Waals surface area contributed by atoms with Gasteiger partial charge in [0.25, 0.3) is 0 Å². The summed E-state index contributed by atoms with van der Waals surface area (Å²) >= 11 is 0. The highest BCUT2D eigenvalue weighted by Gasteiger charge is 2.23. The molecule has 0 fully saturated rings. The molecule has 0 spiro atoms. The van der Waals surface area contributed by atoms with E-state index >= 15 is 0 Å². The molecule has 50 heavy (non-hydrogen) atoms. The van der Waals surface area contributed by atoms with Gasteiger partial charge >= 0.3 is 0 Å². The second-order valence-electron chi connectivity index (χ2n) is 13.0. The van der Waals surface area contributed by atoms with Gasteiger partial charge in [-0.25, -0.2) is 15.0 Å². The van der Waals surface area contributed by atoms with E-state index in [1.54, 1.807) is 0 Å². The van der Waals surface area contributed by atoms with Crippen molar-refractivity contribution in [3.63, 3.8) is 0 Å². The summed E-state index contributed by atoms with van der Waals surface area (Å²) in [4.78, 5) is 15.5. The molecule has 0 radical (unpaired) electrons. The van der Waals surface area contributed by atoms with Gasteiger partial charge in [-0.2, -0.15) is 0 Å². The summed E-state index contributed by atoms with van der Waals surface area (Å²) in [7, 11) is 0. The summed E-state index contributed by atoms with van der Waals surface area (Å²) in [5.74, 6) is 2.40. The molecule has 1 aliphatic rings. The van der Waals surface area contributed by atoms with Gasteiger partial charge in [-0.3, -0.25) is 0 Å². The first-order valence-electron chi connectivity index (χ1n) is 17.2. The minimum Gasteiger partial charge on any atom is -0.309 e. The lowest BCUT2D eigenvalue weighted by molar-refractivity contribution is 0.718. The molecule has 0 saturated heterocycles. The lowest BCUT2D eigenvalue weighted by atomic mass is 9.93. The van der Waals surface area contributed by atoms with Gasteiger partial charge in [0.15, 0.2) is 17.5 Å². The molecule has 2 aromatic heterocycles. The summed E-state index contributed by atoms with van der Waals surface area (Å²) in [6.07, 6.45) is 5.62. The molecule has 0 amide bonds. The third kappa shape index (κ3) is 5.41. The van der Waals surface area contributed by atoms with Crippen molar-refractivity contribution >= 4 is 17.0 Å². The van der Waals surface area contributed by atoms with Crippen LogP contribution in [-0.4, -0.2) is 19.5 Å². The monoisotopic (exact) mass is 642 g/mol. The topological polar surface area (TPSA) is 43.6 Å². The molecule has 238 valence electrons. The summed E-state index contributed by atoms with van der Waals surface area (Å²) in [6, 6.07) is 55.1. The number of benzene rings is 6. The van der Waals surface area contributed by atoms with Crippen molar-refractivity contribution in [2.75, 3.05) is 0 Å². The van der Waals surface area contributed by atoms with Crippen LogP contribution < -0.4 is 0 Å². The molecule has 8 aromatic rings. The van der Waals surface area contributed by atoms with E-state index in [0.717, 1.165) is 45.5 Å². The zero-order valence-corrected chi connectivity index (χ0v) is 27.7. The van der Waals surface area contributed by atoms with Crippen molar-refractivity contribution in [2.24, 2.45) is 5.92 Å². The van der Waals surface area contributed by atoms with Crippen LogP contribution in [0.2, 0.25) is 0 Å². The van der Waals surface area contributed by atoms with Crippen LogP contribution >= 0.6 is 0 Å². The highest BCUT2D eigenvalue weighted by atomic mass is 15.1. The largest absolute Gasteiger partial charge is 0.309 e. The minimum atomic E-state index is 0.491. The van der Waals surface area contributed by atoms with Crippen molar-refractivity contribution < 1.29 is 0 Å². The van der Waals surface area contributed by atoms with E-state index in [-0.39, 0.29) is 0 Å². The number of aromatic nitrogens is 4. The predicted octanol–water partition coefficient (Wildman–Crippen LogP) is 11.4. The highest BCUT2D eigenvalue weighted by Crippen LogP contribution is 2.38. The van der Waals surface area contributed by atoms with Crippen molar-refractivity contribution in [3.05, 3.63) is 175 Å². The van der Waals surface area contributed by atoms with Gasteiger partial charge in [0, 0.05) is 27.8 Å². The summed E-state index contributed by atoms with van der Waals surface area (Å²) in [5, 5.41) is 1.29. The van der Waals surface area contributed by atoms with Gasteiger partial charge in [0.05, 0.1) is 11.2 Å². The Balaban J connectivity index is 1.24. The Bertz CT molecular complexity index is 2510. The molecule has 1 unspecified atom stereocenters. The molecule has 0 bridgehead atoms. The van der Waals surface area contributed by atoms with E-state index in [9.17, 15) is 0 Å². The van der Waals surface area contributed by atoms with Crippen LogP contribution in [0.4, 0.5) is 0 Å². The van der Waals surface area contributed by atoms with Crippen LogP contribution in [0.3, 0.4) is 0 Å². The number of rotatable bonds is 6. The highest BCUT2D eigenvalue weighted by molar-refractivity contribution is 5.92. The lowest BCUT2D eigenvalue weighted by Crippen LogP contribution is -2.07. The van der Waals surface area contributed by atoms with Gasteiger partial charge in [-0.15, -0.1) is 0 Å². The van der Waals surface area contributed by atoms with Crippen LogP contribution in [0.15, 0.2) is 164 Å². The van der Waals surface area contributed by atoms with Crippen LogP contribution in [0.5, 0.6) is 0 Å². The normalized spacial score (nSPS) is 13.7. The third-order valence-corrected chi connectivity index (χ3v) is 9.63. The van der Waals surface area contributed by atoms with Crippen LogP contribution in [0, 0.1) is 5.92 Å². The molecule has 1 atom stereocenters. The van der Waals surface area contributed by atoms with Gasteiger partial charge in [-0.05, 0) is 70.5 Å². The maximum atomic E-state index is 5.22. The molecule has 0 saturated carbocycles. The zero-order chi connectivity index (χ0) is 33.4. The van der Waals surface area contributed by atoms with Crippen LogP contribution in [0.25, 0.3) is 79.1 Å². The fourth-order valence-corrected chi connectivity index (χ4v) is 7.14. The van der Waals surface area contributed by atoms with Gasteiger partial charge in [-0.1, -0.05) is 146 Å². The first-order chi connectivity index (χ1) is 24.7. The molecule has 4 heteroatoms. The fraction of sp³-hybridized carbons (Fsp3) is 0.0652. The molecule has 6 aromatic carbocycles. The van der Waals surface area contributed by atoms with Crippen molar-refractivity contribution in [2.45, 2.75) is 13.3 Å². The number of allylic oxidation sites excluding steroid dienone is 1. The SMILES string of the molecule is CC1C=Cc2c(c3ccccc3n2-c2ccccc2-c2nc(-c3ccc(-c4ccccc4)cc3)nc(-c3cccc(-c4ccccc4)c3)n2)C1. The Labute approximate surface area is 292 Å². The predicted molar refractivity (Wildman–Crippen MR) is 206 cm³/mol. The van der Waals surface area contributed by atoms with Gasteiger partial charge in [0.2, 0.25) is 0 Å². The third-order valence-electron chi connectivity index (χ3n) is 9.63. The first-order valence-corrected chi connectivity index (χ1v) is 17.2. The molecule has 1 aliphatic carbocycles. The second kappa shape index (κ2) is 12.6. The zero-order valence-electron chi connectivity index (χ0n) is 27.7. The quantitative estimate of drug-likeness (QED) is 0.181. The Hall–Kier alpha value is -6.39. The van der Waals surface area contributed by atoms with Crippen molar-refractivity contribution in [1.29, 1.82) is 0 Å². The van der Waals surface area contributed by atoms with E-state index in [1.807, 2.05) is 12.1 Å². The Morgan fingerprint density at radius 3 is 1.84 bits per heavy atom. The average molecular weight is 643 g/mol. The van der Waals surface area contributed by atoms with E-state index < -0.39 is 0 Å². The smallest absolute Gasteiger partial charge is 0.166 e. The minimum absolute atomic E-state index is 0.491. The number of para-hydroxylation sites is 2. The van der Waals surface area contributed by atoms with E-state index in [1.165, 1.54) is 27.7 Å². The fourth-order valence-electron chi connectivity index (χ4n) is 7.14. The number of fused-ring (bicyclic) bond motifs is 3. The Kier molecular flexibility index (Phi) is 7.47. The Morgan fingerprint density at radius 2 is 1.06 bits per heavy atom. The summed E-state index contributed by atoms with van der Waals surface area (Å²) < 4.78 is 2.39. The van der Waals surface area contributed by atoms with Crippen molar-refractivity contribution in [1.82, 2.24) is 19.5 Å². The van der Waals surface area contributed by atoms with Gasteiger partial charge in [0.1, 0.15) is 0 Å². The lowest BCUT2D eigenvalue weighted by Gasteiger charge is -2.18. The average Bonchev–Trinajstić information content (AvgIpc) is 3.52. The molecule has 4 nitrogen and oxygen atoms in total. The summed E-state index contributed by atoms with van der Waals surface area (Å²) in [5.41, 5.74) is 12.3. The molecule has 0 N–H and O–H groups in total. The van der Waals surface area contributed by atoms with Crippen LogP contribution in [0.1, 0.15) is 18.2 Å². The van der Waals surface area contributed by atoms with Crippen molar-refractivity contribution in [3.8, 4) is 62.1 Å². The summed E-state index contributed by atoms with van der Waals surface area (Å²) in [6.45, 7) is 2.28. The standard InChI is InChI=1S/C46H34N4/c1-31-23-28-43-40(29-31)38-19-8-10-21-41(38)50(43)42-22-11-9-20-39(42)46-48-44(35-26-24-34(25-27-35)32-13-4-2-5-14-32)47-45(49-46)37-18-12-17-36(30-37)33-15-6-3-7-16-33/h2-28,30-31H,29H2,1H3. The first kappa shape index (κ1) is 29.7. The maximum Gasteiger partial charge on any atom is 0.166 e. The van der Waals surface area contributed by atoms with E-state index in [0.29, 0.717) is 23.4 Å². The van der Waals surface area contributed by atoms with E-state index in [2.05, 4.69) is 169 Å². The molecule has 9 rings (SSSR count). The van der Waals surface area contributed by atoms with Crippen LogP contribution in [-0.2, 0) is 6.42 Å². The molecular formula is C46H34N4. The number of nitrogens with zero attached hydrogens (tertiary/aromatic N) is 4. The molecule has 2 heterocycles. The Morgan fingerprint density at radius 1 is 0.500 bits per heavy atom. The molecular weight excluding hydrogens is 609 g/mol. The number of hydrogen-bond acceptors (Lipinski definition) is 3.